The van der Waals surface area contributed by atoms with Gasteiger partial charge in [0.25, 0.3) is 5.91 Å². The average molecular weight is 288 g/mol. The van der Waals surface area contributed by atoms with Crippen molar-refractivity contribution in [3.63, 3.8) is 0 Å². The number of hydrogen-bond acceptors (Lipinski definition) is 4. The molecule has 1 aromatic heterocycles. The Bertz CT molecular complexity index is 529. The summed E-state index contributed by atoms with van der Waals surface area (Å²) >= 11 is 1.19. The molecule has 0 aliphatic carbocycles. The summed E-state index contributed by atoms with van der Waals surface area (Å²) in [6, 6.07) is 6.30. The molecular formula is C11H11ClFN3OS. The predicted molar refractivity (Wildman–Crippen MR) is 69.5 cm³/mol. The van der Waals surface area contributed by atoms with Gasteiger partial charge in [0.15, 0.2) is 0 Å². The Kier molecular flexibility index (Phi) is 5.18. The molecule has 1 aromatic carbocycles. The van der Waals surface area contributed by atoms with E-state index in [2.05, 4.69) is 10.2 Å². The number of benzene rings is 1. The molecule has 2 rings (SSSR count). The van der Waals surface area contributed by atoms with E-state index in [0.29, 0.717) is 6.42 Å². The first-order valence-corrected chi connectivity index (χ1v) is 5.83. The highest BCUT2D eigenvalue weighted by molar-refractivity contribution is 7.13. The number of carbonyl (C=O) groups excluding carboxylic acids is 1. The Labute approximate surface area is 113 Å². The van der Waals surface area contributed by atoms with Crippen molar-refractivity contribution in [2.75, 3.05) is 0 Å². The van der Waals surface area contributed by atoms with Crippen molar-refractivity contribution in [3.05, 3.63) is 45.7 Å². The molecule has 2 N–H and O–H groups in total. The van der Waals surface area contributed by atoms with Gasteiger partial charge >= 0.3 is 0 Å². The molecule has 0 saturated carbocycles. The van der Waals surface area contributed by atoms with Crippen LogP contribution < -0.4 is 5.73 Å². The second-order valence-electron chi connectivity index (χ2n) is 3.49. The molecule has 1 heterocycles. The Morgan fingerprint density at radius 2 is 1.89 bits per heavy atom. The van der Waals surface area contributed by atoms with Crippen LogP contribution in [0.2, 0.25) is 0 Å². The van der Waals surface area contributed by atoms with E-state index in [9.17, 15) is 9.18 Å². The maximum Gasteiger partial charge on any atom is 0.279 e. The largest absolute Gasteiger partial charge is 0.363 e. The van der Waals surface area contributed by atoms with Crippen LogP contribution >= 0.6 is 23.7 Å². The number of primary amides is 1. The molecule has 0 saturated heterocycles. The first-order chi connectivity index (χ1) is 8.15. The molecule has 2 aromatic rings. The van der Waals surface area contributed by atoms with E-state index in [1.807, 2.05) is 0 Å². The molecule has 0 atom stereocenters. The minimum atomic E-state index is -0.560. The van der Waals surface area contributed by atoms with Crippen LogP contribution in [-0.2, 0) is 12.8 Å². The number of halogens is 2. The fraction of sp³-hybridized carbons (Fsp3) is 0.182. The molecule has 18 heavy (non-hydrogen) atoms. The summed E-state index contributed by atoms with van der Waals surface area (Å²) in [5, 5.41) is 8.51. The minimum absolute atomic E-state index is 0. The van der Waals surface area contributed by atoms with Gasteiger partial charge in [-0.2, -0.15) is 0 Å². The van der Waals surface area contributed by atoms with E-state index in [4.69, 9.17) is 5.73 Å². The Hall–Kier alpha value is -1.53. The molecule has 0 spiro atoms. The molecule has 0 aliphatic heterocycles. The number of aryl methyl sites for hydroxylation is 2. The van der Waals surface area contributed by atoms with Crippen molar-refractivity contribution in [2.45, 2.75) is 12.8 Å². The number of aromatic nitrogens is 2. The molecule has 96 valence electrons. The van der Waals surface area contributed by atoms with Gasteiger partial charge in [-0.15, -0.1) is 22.6 Å². The zero-order valence-electron chi connectivity index (χ0n) is 9.30. The van der Waals surface area contributed by atoms with E-state index < -0.39 is 5.91 Å². The molecule has 0 radical (unpaired) electrons. The molecule has 4 nitrogen and oxygen atoms in total. The normalized spacial score (nSPS) is 9.83. The topological polar surface area (TPSA) is 68.9 Å². The van der Waals surface area contributed by atoms with E-state index in [1.54, 1.807) is 12.1 Å². The van der Waals surface area contributed by atoms with E-state index in [-0.39, 0.29) is 23.2 Å². The zero-order chi connectivity index (χ0) is 12.3. The van der Waals surface area contributed by atoms with Crippen LogP contribution in [-0.4, -0.2) is 16.1 Å². The lowest BCUT2D eigenvalue weighted by Gasteiger charge is -1.97. The highest BCUT2D eigenvalue weighted by atomic mass is 35.5. The lowest BCUT2D eigenvalue weighted by Crippen LogP contribution is -2.10. The van der Waals surface area contributed by atoms with Crippen molar-refractivity contribution < 1.29 is 9.18 Å². The van der Waals surface area contributed by atoms with Crippen molar-refractivity contribution >= 4 is 29.7 Å². The lowest BCUT2D eigenvalue weighted by atomic mass is 10.1. The molecule has 0 fully saturated rings. The Morgan fingerprint density at radius 1 is 1.22 bits per heavy atom. The average Bonchev–Trinajstić information content (AvgIpc) is 2.77. The maximum absolute atomic E-state index is 12.7. The van der Waals surface area contributed by atoms with Crippen molar-refractivity contribution in [3.8, 4) is 0 Å². The smallest absolute Gasteiger partial charge is 0.279 e. The third-order valence-corrected chi connectivity index (χ3v) is 3.22. The Balaban J connectivity index is 0.00000162. The van der Waals surface area contributed by atoms with Gasteiger partial charge in [-0.25, -0.2) is 4.39 Å². The summed E-state index contributed by atoms with van der Waals surface area (Å²) in [6.07, 6.45) is 1.39. The predicted octanol–water partition coefficient (Wildman–Crippen LogP) is 1.98. The Morgan fingerprint density at radius 3 is 2.44 bits per heavy atom. The molecule has 7 heteroatoms. The maximum atomic E-state index is 12.7. The van der Waals surface area contributed by atoms with Crippen LogP contribution in [0.3, 0.4) is 0 Å². The second kappa shape index (κ2) is 6.42. The third kappa shape index (κ3) is 3.75. The van der Waals surface area contributed by atoms with Gasteiger partial charge in [0.05, 0.1) is 0 Å². The van der Waals surface area contributed by atoms with E-state index in [1.165, 1.54) is 23.5 Å². The number of nitrogens with two attached hydrogens (primary N) is 1. The van der Waals surface area contributed by atoms with E-state index >= 15 is 0 Å². The lowest BCUT2D eigenvalue weighted by molar-refractivity contribution is 0.0999. The molecule has 0 aliphatic rings. The van der Waals surface area contributed by atoms with Gasteiger partial charge in [-0.1, -0.05) is 23.5 Å². The summed E-state index contributed by atoms with van der Waals surface area (Å²) in [5.41, 5.74) is 6.09. The quantitative estimate of drug-likeness (QED) is 0.935. The van der Waals surface area contributed by atoms with Crippen LogP contribution in [0.5, 0.6) is 0 Å². The van der Waals surface area contributed by atoms with Crippen LogP contribution in [0.4, 0.5) is 4.39 Å². The fourth-order valence-corrected chi connectivity index (χ4v) is 2.05. The van der Waals surface area contributed by atoms with E-state index in [0.717, 1.165) is 17.0 Å². The van der Waals surface area contributed by atoms with Gasteiger partial charge in [-0.05, 0) is 24.1 Å². The molecule has 0 unspecified atom stereocenters. The van der Waals surface area contributed by atoms with Gasteiger partial charge in [-0.3, -0.25) is 4.79 Å². The van der Waals surface area contributed by atoms with Gasteiger partial charge in [0.2, 0.25) is 5.01 Å². The molecule has 1 amide bonds. The van der Waals surface area contributed by atoms with Crippen LogP contribution in [0.25, 0.3) is 0 Å². The first kappa shape index (κ1) is 14.5. The van der Waals surface area contributed by atoms with Gasteiger partial charge in [0.1, 0.15) is 10.8 Å². The van der Waals surface area contributed by atoms with Crippen molar-refractivity contribution in [1.29, 1.82) is 0 Å². The summed E-state index contributed by atoms with van der Waals surface area (Å²) in [4.78, 5) is 10.8. The number of nitrogens with zero attached hydrogens (tertiary/aromatic N) is 2. The van der Waals surface area contributed by atoms with Crippen LogP contribution in [0.15, 0.2) is 24.3 Å². The highest BCUT2D eigenvalue weighted by Gasteiger charge is 2.08. The summed E-state index contributed by atoms with van der Waals surface area (Å²) in [6.45, 7) is 0. The van der Waals surface area contributed by atoms with Crippen molar-refractivity contribution in [2.24, 2.45) is 5.73 Å². The number of rotatable bonds is 4. The summed E-state index contributed by atoms with van der Waals surface area (Å²) in [5.74, 6) is -0.809. The van der Waals surface area contributed by atoms with Crippen LogP contribution in [0, 0.1) is 5.82 Å². The van der Waals surface area contributed by atoms with Gasteiger partial charge in [0, 0.05) is 6.42 Å². The zero-order valence-corrected chi connectivity index (χ0v) is 10.9. The molecule has 0 bridgehead atoms. The second-order valence-corrected chi connectivity index (χ2v) is 4.55. The highest BCUT2D eigenvalue weighted by Crippen LogP contribution is 2.12. The van der Waals surface area contributed by atoms with Crippen molar-refractivity contribution in [1.82, 2.24) is 10.2 Å². The number of amides is 1. The fourth-order valence-electron chi connectivity index (χ4n) is 1.36. The third-order valence-electron chi connectivity index (χ3n) is 2.22. The summed E-state index contributed by atoms with van der Waals surface area (Å²) < 4.78 is 12.7. The minimum Gasteiger partial charge on any atom is -0.363 e. The number of hydrogen-bond donors (Lipinski definition) is 1. The first-order valence-electron chi connectivity index (χ1n) is 5.02. The SMILES string of the molecule is Cl.NC(=O)c1nnc(CCc2ccc(F)cc2)s1. The summed E-state index contributed by atoms with van der Waals surface area (Å²) in [7, 11) is 0. The van der Waals surface area contributed by atoms with Crippen LogP contribution in [0.1, 0.15) is 20.4 Å². The molecular weight excluding hydrogens is 277 g/mol. The van der Waals surface area contributed by atoms with Gasteiger partial charge < -0.3 is 5.73 Å². The monoisotopic (exact) mass is 287 g/mol. The number of carbonyl (C=O) groups is 1. The standard InChI is InChI=1S/C11H10FN3OS.ClH/c12-8-4-1-7(2-5-8)3-6-9-14-15-11(17-9)10(13)16;/h1-2,4-5H,3,6H2,(H2,13,16);1H.